The molecular formula is C17H34N2O. The van der Waals surface area contributed by atoms with E-state index in [1.807, 2.05) is 6.92 Å². The molecule has 0 spiro atoms. The smallest absolute Gasteiger partial charge is 0.236 e. The van der Waals surface area contributed by atoms with Crippen molar-refractivity contribution in [3.63, 3.8) is 0 Å². The summed E-state index contributed by atoms with van der Waals surface area (Å²) in [5, 5.41) is 6.50. The zero-order valence-electron chi connectivity index (χ0n) is 13.9. The van der Waals surface area contributed by atoms with Crippen LogP contribution in [0.3, 0.4) is 0 Å². The van der Waals surface area contributed by atoms with Crippen LogP contribution in [0.15, 0.2) is 0 Å². The van der Waals surface area contributed by atoms with Gasteiger partial charge in [0, 0.05) is 13.1 Å². The summed E-state index contributed by atoms with van der Waals surface area (Å²) in [5.41, 5.74) is 0.437. The molecule has 1 unspecified atom stereocenters. The lowest BCUT2D eigenvalue weighted by Crippen LogP contribution is -2.46. The average Bonchev–Trinajstić information content (AvgIpc) is 2.84. The van der Waals surface area contributed by atoms with Gasteiger partial charge in [-0.3, -0.25) is 4.79 Å². The molecule has 0 aromatic rings. The van der Waals surface area contributed by atoms with Gasteiger partial charge in [-0.1, -0.05) is 40.0 Å². The summed E-state index contributed by atoms with van der Waals surface area (Å²) in [7, 11) is 0. The molecule has 0 aliphatic heterocycles. The van der Waals surface area contributed by atoms with E-state index < -0.39 is 0 Å². The number of hydrogen-bond acceptors (Lipinski definition) is 2. The lowest BCUT2D eigenvalue weighted by Gasteiger charge is -2.32. The zero-order valence-corrected chi connectivity index (χ0v) is 13.9. The van der Waals surface area contributed by atoms with E-state index in [1.165, 1.54) is 32.1 Å². The Hall–Kier alpha value is -0.570. The number of carbonyl (C=O) groups excluding carboxylic acids is 1. The van der Waals surface area contributed by atoms with E-state index in [4.69, 9.17) is 0 Å². The van der Waals surface area contributed by atoms with Gasteiger partial charge in [0.1, 0.15) is 0 Å². The molecule has 1 amide bonds. The second-order valence-electron chi connectivity index (χ2n) is 7.05. The Bertz CT molecular complexity index is 283. The lowest BCUT2D eigenvalue weighted by molar-refractivity contribution is -0.122. The SMILES string of the molecule is CCCCNC(=O)C(C)NCC1(CC(C)C)CCCC1. The van der Waals surface area contributed by atoms with E-state index >= 15 is 0 Å². The summed E-state index contributed by atoms with van der Waals surface area (Å²) < 4.78 is 0. The summed E-state index contributed by atoms with van der Waals surface area (Å²) in [4.78, 5) is 12.0. The van der Waals surface area contributed by atoms with Gasteiger partial charge in [-0.05, 0) is 43.9 Å². The van der Waals surface area contributed by atoms with Crippen molar-refractivity contribution in [3.8, 4) is 0 Å². The van der Waals surface area contributed by atoms with Gasteiger partial charge in [0.25, 0.3) is 0 Å². The molecule has 0 aromatic carbocycles. The third kappa shape index (κ3) is 5.82. The maximum Gasteiger partial charge on any atom is 0.236 e. The number of hydrogen-bond donors (Lipinski definition) is 2. The first-order valence-electron chi connectivity index (χ1n) is 8.50. The van der Waals surface area contributed by atoms with Crippen LogP contribution in [0.1, 0.15) is 72.6 Å². The predicted octanol–water partition coefficient (Wildman–Crippen LogP) is 3.49. The number of nitrogens with one attached hydrogen (secondary N) is 2. The van der Waals surface area contributed by atoms with Crippen molar-refractivity contribution in [1.82, 2.24) is 10.6 Å². The first-order valence-corrected chi connectivity index (χ1v) is 8.50. The second-order valence-corrected chi connectivity index (χ2v) is 7.05. The first kappa shape index (κ1) is 17.5. The van der Waals surface area contributed by atoms with E-state index in [-0.39, 0.29) is 11.9 Å². The van der Waals surface area contributed by atoms with E-state index in [2.05, 4.69) is 31.4 Å². The number of carbonyl (C=O) groups is 1. The molecular weight excluding hydrogens is 248 g/mol. The third-order valence-corrected chi connectivity index (χ3v) is 4.51. The molecule has 3 heteroatoms. The highest BCUT2D eigenvalue weighted by molar-refractivity contribution is 5.81. The minimum absolute atomic E-state index is 0.0727. The number of unbranched alkanes of at least 4 members (excludes halogenated alkanes) is 1. The Morgan fingerprint density at radius 3 is 2.40 bits per heavy atom. The zero-order chi connectivity index (χ0) is 15.0. The normalized spacial score (nSPS) is 19.2. The molecule has 1 saturated carbocycles. The van der Waals surface area contributed by atoms with Crippen molar-refractivity contribution >= 4 is 5.91 Å². The van der Waals surface area contributed by atoms with Crippen LogP contribution in [-0.2, 0) is 4.79 Å². The van der Waals surface area contributed by atoms with Crippen LogP contribution in [0.2, 0.25) is 0 Å². The van der Waals surface area contributed by atoms with E-state index in [9.17, 15) is 4.79 Å². The molecule has 1 rings (SSSR count). The van der Waals surface area contributed by atoms with Gasteiger partial charge >= 0.3 is 0 Å². The highest BCUT2D eigenvalue weighted by Gasteiger charge is 2.34. The summed E-state index contributed by atoms with van der Waals surface area (Å²) in [5.74, 6) is 0.889. The molecule has 118 valence electrons. The lowest BCUT2D eigenvalue weighted by atomic mass is 9.78. The molecule has 0 radical (unpaired) electrons. The molecule has 0 heterocycles. The summed E-state index contributed by atoms with van der Waals surface area (Å²) >= 11 is 0. The molecule has 3 nitrogen and oxygen atoms in total. The van der Waals surface area contributed by atoms with Crippen molar-refractivity contribution in [2.24, 2.45) is 11.3 Å². The molecule has 0 bridgehead atoms. The quantitative estimate of drug-likeness (QED) is 0.636. The Balaban J connectivity index is 2.37. The van der Waals surface area contributed by atoms with Gasteiger partial charge in [-0.15, -0.1) is 0 Å². The van der Waals surface area contributed by atoms with Crippen LogP contribution in [0.4, 0.5) is 0 Å². The van der Waals surface area contributed by atoms with Crippen LogP contribution in [0.25, 0.3) is 0 Å². The summed E-state index contributed by atoms with van der Waals surface area (Å²) in [6.07, 6.45) is 8.82. The average molecular weight is 282 g/mol. The number of amides is 1. The maximum absolute atomic E-state index is 12.0. The van der Waals surface area contributed by atoms with Gasteiger partial charge in [-0.25, -0.2) is 0 Å². The molecule has 1 aliphatic carbocycles. The van der Waals surface area contributed by atoms with Crippen molar-refractivity contribution in [2.75, 3.05) is 13.1 Å². The predicted molar refractivity (Wildman–Crippen MR) is 85.7 cm³/mol. The summed E-state index contributed by atoms with van der Waals surface area (Å²) in [6, 6.07) is -0.0727. The fraction of sp³-hybridized carbons (Fsp3) is 0.941. The van der Waals surface area contributed by atoms with E-state index in [0.717, 1.165) is 31.8 Å². The fourth-order valence-electron chi connectivity index (χ4n) is 3.45. The van der Waals surface area contributed by atoms with Crippen LogP contribution in [-0.4, -0.2) is 25.0 Å². The highest BCUT2D eigenvalue weighted by Crippen LogP contribution is 2.42. The monoisotopic (exact) mass is 282 g/mol. The first-order chi connectivity index (χ1) is 9.49. The molecule has 1 atom stereocenters. The molecule has 0 saturated heterocycles. The molecule has 1 fully saturated rings. The summed E-state index contributed by atoms with van der Waals surface area (Å²) in [6.45, 7) is 10.5. The van der Waals surface area contributed by atoms with Crippen molar-refractivity contribution in [1.29, 1.82) is 0 Å². The van der Waals surface area contributed by atoms with Gasteiger partial charge < -0.3 is 10.6 Å². The van der Waals surface area contributed by atoms with E-state index in [0.29, 0.717) is 5.41 Å². The van der Waals surface area contributed by atoms with Crippen LogP contribution in [0.5, 0.6) is 0 Å². The van der Waals surface area contributed by atoms with E-state index in [1.54, 1.807) is 0 Å². The van der Waals surface area contributed by atoms with Crippen molar-refractivity contribution in [2.45, 2.75) is 78.7 Å². The Kier molecular flexibility index (Phi) is 7.57. The molecule has 0 aromatic heterocycles. The second kappa shape index (κ2) is 8.66. The Labute approximate surface area is 125 Å². The van der Waals surface area contributed by atoms with Crippen LogP contribution < -0.4 is 10.6 Å². The molecule has 20 heavy (non-hydrogen) atoms. The minimum atomic E-state index is -0.0727. The van der Waals surface area contributed by atoms with Gasteiger partial charge in [0.2, 0.25) is 5.91 Å². The minimum Gasteiger partial charge on any atom is -0.355 e. The fourth-order valence-corrected chi connectivity index (χ4v) is 3.45. The number of rotatable bonds is 9. The van der Waals surface area contributed by atoms with Crippen molar-refractivity contribution in [3.05, 3.63) is 0 Å². The van der Waals surface area contributed by atoms with Crippen LogP contribution in [0, 0.1) is 11.3 Å². The largest absolute Gasteiger partial charge is 0.355 e. The molecule has 1 aliphatic rings. The Morgan fingerprint density at radius 2 is 1.85 bits per heavy atom. The standard InChI is InChI=1S/C17H34N2O/c1-5-6-11-18-16(20)15(4)19-13-17(12-14(2)3)9-7-8-10-17/h14-15,19H,5-13H2,1-4H3,(H,18,20). The van der Waals surface area contributed by atoms with Gasteiger partial charge in [-0.2, -0.15) is 0 Å². The Morgan fingerprint density at radius 1 is 1.20 bits per heavy atom. The third-order valence-electron chi connectivity index (χ3n) is 4.51. The molecule has 2 N–H and O–H groups in total. The van der Waals surface area contributed by atoms with Gasteiger partial charge in [0.05, 0.1) is 6.04 Å². The van der Waals surface area contributed by atoms with Crippen LogP contribution >= 0.6 is 0 Å². The van der Waals surface area contributed by atoms with Crippen molar-refractivity contribution < 1.29 is 4.79 Å². The maximum atomic E-state index is 12.0. The van der Waals surface area contributed by atoms with Gasteiger partial charge in [0.15, 0.2) is 0 Å². The topological polar surface area (TPSA) is 41.1 Å². The highest BCUT2D eigenvalue weighted by atomic mass is 16.2.